The molecule has 1 aliphatic rings. The second kappa shape index (κ2) is 5.56. The summed E-state index contributed by atoms with van der Waals surface area (Å²) in [5, 5.41) is 3.27. The second-order valence-electron chi connectivity index (χ2n) is 4.58. The van der Waals surface area contributed by atoms with Crippen LogP contribution in [0.2, 0.25) is 0 Å². The zero-order chi connectivity index (χ0) is 9.90. The van der Waals surface area contributed by atoms with Gasteiger partial charge in [0.1, 0.15) is 5.60 Å². The Kier molecular flexibility index (Phi) is 5.45. The molecule has 1 saturated heterocycles. The minimum atomic E-state index is -0.352. The Morgan fingerprint density at radius 2 is 2.14 bits per heavy atom. The Balaban J connectivity index is 0.00000169. The maximum atomic E-state index is 11.4. The van der Waals surface area contributed by atoms with Crippen LogP contribution >= 0.6 is 12.4 Å². The van der Waals surface area contributed by atoms with Gasteiger partial charge < -0.3 is 10.1 Å². The highest BCUT2D eigenvalue weighted by atomic mass is 35.5. The molecule has 1 rings (SSSR count). The second-order valence-corrected chi connectivity index (χ2v) is 4.58. The van der Waals surface area contributed by atoms with Gasteiger partial charge in [-0.25, -0.2) is 0 Å². The van der Waals surface area contributed by atoms with E-state index in [1.54, 1.807) is 0 Å². The lowest BCUT2D eigenvalue weighted by Crippen LogP contribution is -2.30. The molecule has 1 fully saturated rings. The molecule has 1 heterocycles. The highest BCUT2D eigenvalue weighted by molar-refractivity contribution is 5.85. The predicted octanol–water partition coefficient (Wildman–Crippen LogP) is 1.89. The third kappa shape index (κ3) is 5.45. The van der Waals surface area contributed by atoms with Gasteiger partial charge in [-0.05, 0) is 40.2 Å². The Morgan fingerprint density at radius 1 is 1.50 bits per heavy atom. The van der Waals surface area contributed by atoms with Crippen LogP contribution in [0.25, 0.3) is 0 Å². The number of hydrogen-bond donors (Lipinski definition) is 1. The molecule has 1 atom stereocenters. The van der Waals surface area contributed by atoms with E-state index in [1.165, 1.54) is 6.42 Å². The summed E-state index contributed by atoms with van der Waals surface area (Å²) in [7, 11) is 0. The number of hydrogen-bond acceptors (Lipinski definition) is 3. The van der Waals surface area contributed by atoms with E-state index >= 15 is 0 Å². The standard InChI is InChI=1S/C10H19NO2.ClH/c1-10(2,3)13-9(12)7-8-5-4-6-11-8;/h8,11H,4-7H2,1-3H3;1H/t8-;/m0./s1. The van der Waals surface area contributed by atoms with Crippen LogP contribution in [0.4, 0.5) is 0 Å². The first kappa shape index (κ1) is 13.7. The average Bonchev–Trinajstić information content (AvgIpc) is 2.34. The number of nitrogens with one attached hydrogen (secondary N) is 1. The summed E-state index contributed by atoms with van der Waals surface area (Å²) in [4.78, 5) is 11.4. The summed E-state index contributed by atoms with van der Waals surface area (Å²) < 4.78 is 5.22. The molecule has 14 heavy (non-hydrogen) atoms. The summed E-state index contributed by atoms with van der Waals surface area (Å²) in [6.45, 7) is 6.72. The molecule has 4 heteroatoms. The summed E-state index contributed by atoms with van der Waals surface area (Å²) >= 11 is 0. The van der Waals surface area contributed by atoms with Crippen molar-refractivity contribution in [1.82, 2.24) is 5.32 Å². The van der Waals surface area contributed by atoms with Crippen LogP contribution in [0, 0.1) is 0 Å². The first-order valence-electron chi connectivity index (χ1n) is 4.92. The molecule has 0 aromatic carbocycles. The van der Waals surface area contributed by atoms with Crippen LogP contribution in [0.3, 0.4) is 0 Å². The Labute approximate surface area is 92.0 Å². The third-order valence-corrected chi connectivity index (χ3v) is 2.00. The van der Waals surface area contributed by atoms with Crippen LogP contribution in [-0.2, 0) is 9.53 Å². The minimum absolute atomic E-state index is 0. The molecule has 1 N–H and O–H groups in total. The summed E-state index contributed by atoms with van der Waals surface area (Å²) in [6, 6.07) is 0.342. The molecule has 0 aromatic rings. The molecule has 0 aliphatic carbocycles. The van der Waals surface area contributed by atoms with Gasteiger partial charge in [-0.3, -0.25) is 4.79 Å². The lowest BCUT2D eigenvalue weighted by Gasteiger charge is -2.20. The van der Waals surface area contributed by atoms with Gasteiger partial charge in [0.15, 0.2) is 0 Å². The lowest BCUT2D eigenvalue weighted by molar-refractivity contribution is -0.155. The summed E-state index contributed by atoms with van der Waals surface area (Å²) in [5.41, 5.74) is -0.352. The molecule has 0 unspecified atom stereocenters. The topological polar surface area (TPSA) is 38.3 Å². The molecule has 0 radical (unpaired) electrons. The molecule has 0 aromatic heterocycles. The smallest absolute Gasteiger partial charge is 0.307 e. The van der Waals surface area contributed by atoms with Gasteiger partial charge in [0.2, 0.25) is 0 Å². The van der Waals surface area contributed by atoms with E-state index < -0.39 is 0 Å². The molecule has 1 aliphatic heterocycles. The van der Waals surface area contributed by atoms with Gasteiger partial charge in [-0.15, -0.1) is 12.4 Å². The van der Waals surface area contributed by atoms with Gasteiger partial charge >= 0.3 is 5.97 Å². The molecule has 0 amide bonds. The Hall–Kier alpha value is -0.280. The van der Waals surface area contributed by atoms with E-state index in [4.69, 9.17) is 4.74 Å². The monoisotopic (exact) mass is 221 g/mol. The highest BCUT2D eigenvalue weighted by Gasteiger charge is 2.22. The zero-order valence-corrected chi connectivity index (χ0v) is 9.95. The maximum Gasteiger partial charge on any atom is 0.307 e. The van der Waals surface area contributed by atoms with Gasteiger partial charge in [0.25, 0.3) is 0 Å². The SMILES string of the molecule is CC(C)(C)OC(=O)C[C@@H]1CCCN1.Cl. The van der Waals surface area contributed by atoms with Crippen molar-refractivity contribution in [3.05, 3.63) is 0 Å². The first-order chi connectivity index (χ1) is 5.97. The molecule has 0 saturated carbocycles. The molecule has 0 bridgehead atoms. The number of carbonyl (C=O) groups is 1. The van der Waals surface area contributed by atoms with Crippen LogP contribution in [-0.4, -0.2) is 24.2 Å². The van der Waals surface area contributed by atoms with E-state index in [0.29, 0.717) is 12.5 Å². The average molecular weight is 222 g/mol. The van der Waals surface area contributed by atoms with E-state index in [9.17, 15) is 4.79 Å². The van der Waals surface area contributed by atoms with Gasteiger partial charge in [-0.1, -0.05) is 0 Å². The number of rotatable bonds is 2. The van der Waals surface area contributed by atoms with Crippen LogP contribution in [0.5, 0.6) is 0 Å². The zero-order valence-electron chi connectivity index (χ0n) is 9.13. The minimum Gasteiger partial charge on any atom is -0.460 e. The summed E-state index contributed by atoms with van der Waals surface area (Å²) in [6.07, 6.45) is 2.78. The number of esters is 1. The van der Waals surface area contributed by atoms with Crippen molar-refractivity contribution in [2.24, 2.45) is 0 Å². The molecular weight excluding hydrogens is 202 g/mol. The predicted molar refractivity (Wildman–Crippen MR) is 58.7 cm³/mol. The number of halogens is 1. The van der Waals surface area contributed by atoms with Crippen LogP contribution < -0.4 is 5.32 Å². The molecule has 3 nitrogen and oxygen atoms in total. The van der Waals surface area contributed by atoms with E-state index in [2.05, 4.69) is 5.32 Å². The largest absolute Gasteiger partial charge is 0.460 e. The van der Waals surface area contributed by atoms with E-state index in [0.717, 1.165) is 13.0 Å². The quantitative estimate of drug-likeness (QED) is 0.724. The normalized spacial score (nSPS) is 21.5. The van der Waals surface area contributed by atoms with Crippen LogP contribution in [0.15, 0.2) is 0 Å². The number of ether oxygens (including phenoxy) is 1. The fourth-order valence-corrected chi connectivity index (χ4v) is 1.52. The van der Waals surface area contributed by atoms with Crippen molar-refractivity contribution in [3.8, 4) is 0 Å². The Bertz CT molecular complexity index is 183. The van der Waals surface area contributed by atoms with Crippen LogP contribution in [0.1, 0.15) is 40.0 Å². The van der Waals surface area contributed by atoms with Gasteiger partial charge in [-0.2, -0.15) is 0 Å². The van der Waals surface area contributed by atoms with Crippen molar-refractivity contribution in [3.63, 3.8) is 0 Å². The third-order valence-electron chi connectivity index (χ3n) is 2.00. The van der Waals surface area contributed by atoms with Crippen molar-refractivity contribution < 1.29 is 9.53 Å². The van der Waals surface area contributed by atoms with Gasteiger partial charge in [0.05, 0.1) is 6.42 Å². The van der Waals surface area contributed by atoms with Crippen molar-refractivity contribution >= 4 is 18.4 Å². The van der Waals surface area contributed by atoms with Crippen molar-refractivity contribution in [2.45, 2.75) is 51.7 Å². The van der Waals surface area contributed by atoms with Crippen molar-refractivity contribution in [2.75, 3.05) is 6.54 Å². The fourth-order valence-electron chi connectivity index (χ4n) is 1.52. The van der Waals surface area contributed by atoms with E-state index in [1.807, 2.05) is 20.8 Å². The number of carbonyl (C=O) groups excluding carboxylic acids is 1. The first-order valence-corrected chi connectivity index (χ1v) is 4.92. The van der Waals surface area contributed by atoms with Gasteiger partial charge in [0, 0.05) is 6.04 Å². The highest BCUT2D eigenvalue weighted by Crippen LogP contribution is 2.13. The molecule has 84 valence electrons. The maximum absolute atomic E-state index is 11.4. The summed E-state index contributed by atoms with van der Waals surface area (Å²) in [5.74, 6) is -0.0908. The molecule has 0 spiro atoms. The lowest BCUT2D eigenvalue weighted by atomic mass is 10.1. The molecular formula is C10H20ClNO2. The fraction of sp³-hybridized carbons (Fsp3) is 0.900. The van der Waals surface area contributed by atoms with Crippen molar-refractivity contribution in [1.29, 1.82) is 0 Å². The van der Waals surface area contributed by atoms with E-state index in [-0.39, 0.29) is 24.0 Å². The Morgan fingerprint density at radius 3 is 2.57 bits per heavy atom.